The molecular weight excluding hydrogens is 329 g/mol. The lowest BCUT2D eigenvalue weighted by molar-refractivity contribution is 0.183. The highest BCUT2D eigenvalue weighted by Crippen LogP contribution is 2.29. The molecule has 2 aromatic rings. The van der Waals surface area contributed by atoms with Gasteiger partial charge in [-0.3, -0.25) is 0 Å². The van der Waals surface area contributed by atoms with Crippen molar-refractivity contribution in [3.05, 3.63) is 33.1 Å². The average Bonchev–Trinajstić information content (AvgIpc) is 2.67. The van der Waals surface area contributed by atoms with Crippen molar-refractivity contribution in [3.8, 4) is 0 Å². The van der Waals surface area contributed by atoms with Gasteiger partial charge in [-0.25, -0.2) is 0 Å². The SMILES string of the molecule is CCNCc1oc2c(I)cccc2c1COC. The molecule has 0 aliphatic carbocycles. The standard InChI is InChI=1S/C13H16INO2/c1-3-15-7-12-10(8-16-2)9-5-4-6-11(14)13(9)17-12/h4-6,15H,3,7-8H2,1-2H3. The van der Waals surface area contributed by atoms with Crippen molar-refractivity contribution in [3.63, 3.8) is 0 Å². The zero-order valence-corrected chi connectivity index (χ0v) is 12.2. The molecule has 1 aromatic carbocycles. The van der Waals surface area contributed by atoms with Crippen LogP contribution in [0.3, 0.4) is 0 Å². The molecule has 0 fully saturated rings. The maximum Gasteiger partial charge on any atom is 0.148 e. The van der Waals surface area contributed by atoms with E-state index in [0.717, 1.165) is 39.0 Å². The van der Waals surface area contributed by atoms with Crippen LogP contribution in [-0.4, -0.2) is 13.7 Å². The Bertz CT molecular complexity index is 507. The van der Waals surface area contributed by atoms with E-state index in [1.54, 1.807) is 7.11 Å². The first-order chi connectivity index (χ1) is 8.27. The molecule has 0 unspecified atom stereocenters. The molecule has 1 N–H and O–H groups in total. The van der Waals surface area contributed by atoms with Crippen molar-refractivity contribution in [2.75, 3.05) is 13.7 Å². The van der Waals surface area contributed by atoms with Gasteiger partial charge in [-0.05, 0) is 35.2 Å². The van der Waals surface area contributed by atoms with Crippen LogP contribution in [0.2, 0.25) is 0 Å². The maximum atomic E-state index is 5.93. The number of hydrogen-bond donors (Lipinski definition) is 1. The molecule has 0 amide bonds. The molecular formula is C13H16INO2. The summed E-state index contributed by atoms with van der Waals surface area (Å²) in [7, 11) is 1.71. The summed E-state index contributed by atoms with van der Waals surface area (Å²) in [4.78, 5) is 0. The van der Waals surface area contributed by atoms with E-state index in [-0.39, 0.29) is 0 Å². The van der Waals surface area contributed by atoms with Crippen molar-refractivity contribution in [2.24, 2.45) is 0 Å². The second kappa shape index (κ2) is 5.84. The Morgan fingerprint density at radius 1 is 1.41 bits per heavy atom. The van der Waals surface area contributed by atoms with Crippen molar-refractivity contribution in [1.29, 1.82) is 0 Å². The number of fused-ring (bicyclic) bond motifs is 1. The predicted molar refractivity (Wildman–Crippen MR) is 77.0 cm³/mol. The minimum absolute atomic E-state index is 0.591. The molecule has 0 saturated carbocycles. The number of nitrogens with one attached hydrogen (secondary N) is 1. The van der Waals surface area contributed by atoms with Crippen LogP contribution < -0.4 is 5.32 Å². The van der Waals surface area contributed by atoms with Gasteiger partial charge in [0, 0.05) is 18.1 Å². The van der Waals surface area contributed by atoms with Gasteiger partial charge in [0.1, 0.15) is 11.3 Å². The van der Waals surface area contributed by atoms with Crippen LogP contribution in [0.5, 0.6) is 0 Å². The molecule has 0 atom stereocenters. The molecule has 0 bridgehead atoms. The number of furan rings is 1. The van der Waals surface area contributed by atoms with Gasteiger partial charge in [0.2, 0.25) is 0 Å². The van der Waals surface area contributed by atoms with Crippen LogP contribution in [0, 0.1) is 3.57 Å². The third-order valence-corrected chi connectivity index (χ3v) is 3.53. The molecule has 1 heterocycles. The van der Waals surface area contributed by atoms with E-state index in [9.17, 15) is 0 Å². The normalized spacial score (nSPS) is 11.2. The van der Waals surface area contributed by atoms with Crippen LogP contribution in [-0.2, 0) is 17.9 Å². The fraction of sp³-hybridized carbons (Fsp3) is 0.385. The Morgan fingerprint density at radius 3 is 2.94 bits per heavy atom. The van der Waals surface area contributed by atoms with E-state index < -0.39 is 0 Å². The van der Waals surface area contributed by atoms with Crippen LogP contribution in [0.25, 0.3) is 11.0 Å². The third-order valence-electron chi connectivity index (χ3n) is 2.68. The van der Waals surface area contributed by atoms with Crippen LogP contribution in [0.1, 0.15) is 18.2 Å². The van der Waals surface area contributed by atoms with E-state index in [1.807, 2.05) is 0 Å². The Hall–Kier alpha value is -0.590. The van der Waals surface area contributed by atoms with Gasteiger partial charge in [0.05, 0.1) is 16.7 Å². The number of rotatable bonds is 5. The zero-order valence-electron chi connectivity index (χ0n) is 10.0. The highest BCUT2D eigenvalue weighted by atomic mass is 127. The molecule has 0 spiro atoms. The third kappa shape index (κ3) is 2.64. The van der Waals surface area contributed by atoms with Crippen LogP contribution in [0.4, 0.5) is 0 Å². The molecule has 0 aliphatic rings. The van der Waals surface area contributed by atoms with Crippen molar-refractivity contribution < 1.29 is 9.15 Å². The van der Waals surface area contributed by atoms with E-state index in [2.05, 4.69) is 53.0 Å². The summed E-state index contributed by atoms with van der Waals surface area (Å²) in [5.74, 6) is 0.979. The van der Waals surface area contributed by atoms with Gasteiger partial charge in [-0.2, -0.15) is 0 Å². The molecule has 92 valence electrons. The van der Waals surface area contributed by atoms with Crippen LogP contribution >= 0.6 is 22.6 Å². The molecule has 2 rings (SSSR count). The highest BCUT2D eigenvalue weighted by Gasteiger charge is 2.14. The number of halogens is 1. The first kappa shape index (κ1) is 12.9. The molecule has 4 heteroatoms. The summed E-state index contributed by atoms with van der Waals surface area (Å²) in [6.45, 7) is 4.36. The smallest absolute Gasteiger partial charge is 0.148 e. The van der Waals surface area contributed by atoms with E-state index >= 15 is 0 Å². The predicted octanol–water partition coefficient (Wildman–Crippen LogP) is 3.29. The molecule has 3 nitrogen and oxygen atoms in total. The van der Waals surface area contributed by atoms with Gasteiger partial charge in [0.25, 0.3) is 0 Å². The Kier molecular flexibility index (Phi) is 4.42. The van der Waals surface area contributed by atoms with E-state index in [4.69, 9.17) is 9.15 Å². The molecule has 0 saturated heterocycles. The molecule has 1 aromatic heterocycles. The minimum atomic E-state index is 0.591. The minimum Gasteiger partial charge on any atom is -0.458 e. The lowest BCUT2D eigenvalue weighted by Gasteiger charge is -2.02. The first-order valence-electron chi connectivity index (χ1n) is 5.66. The number of methoxy groups -OCH3 is 1. The summed E-state index contributed by atoms with van der Waals surface area (Å²) in [5.41, 5.74) is 2.12. The lowest BCUT2D eigenvalue weighted by atomic mass is 10.1. The second-order valence-corrected chi connectivity index (χ2v) is 5.00. The number of benzene rings is 1. The van der Waals surface area contributed by atoms with E-state index in [1.165, 1.54) is 0 Å². The van der Waals surface area contributed by atoms with Crippen molar-refractivity contribution in [1.82, 2.24) is 5.32 Å². The summed E-state index contributed by atoms with van der Waals surface area (Å²) < 4.78 is 12.3. The fourth-order valence-corrected chi connectivity index (χ4v) is 2.48. The Labute approximate surface area is 115 Å². The van der Waals surface area contributed by atoms with Gasteiger partial charge >= 0.3 is 0 Å². The molecule has 0 aliphatic heterocycles. The molecule has 0 radical (unpaired) electrons. The van der Waals surface area contributed by atoms with Gasteiger partial charge in [-0.15, -0.1) is 0 Å². The summed E-state index contributed by atoms with van der Waals surface area (Å²) in [5, 5.41) is 4.45. The van der Waals surface area contributed by atoms with Crippen molar-refractivity contribution >= 4 is 33.6 Å². The second-order valence-electron chi connectivity index (χ2n) is 3.83. The van der Waals surface area contributed by atoms with Crippen molar-refractivity contribution in [2.45, 2.75) is 20.1 Å². The average molecular weight is 345 g/mol. The zero-order chi connectivity index (χ0) is 12.3. The summed E-state index contributed by atoms with van der Waals surface area (Å²) in [6.07, 6.45) is 0. The van der Waals surface area contributed by atoms with E-state index in [0.29, 0.717) is 6.61 Å². The monoisotopic (exact) mass is 345 g/mol. The number of ether oxygens (including phenoxy) is 1. The maximum absolute atomic E-state index is 5.93. The van der Waals surface area contributed by atoms with Gasteiger partial charge < -0.3 is 14.5 Å². The van der Waals surface area contributed by atoms with Gasteiger partial charge in [-0.1, -0.05) is 19.1 Å². The number of hydrogen-bond acceptors (Lipinski definition) is 3. The van der Waals surface area contributed by atoms with Crippen LogP contribution in [0.15, 0.2) is 22.6 Å². The first-order valence-corrected chi connectivity index (χ1v) is 6.74. The summed E-state index contributed by atoms with van der Waals surface area (Å²) >= 11 is 2.30. The quantitative estimate of drug-likeness (QED) is 0.845. The topological polar surface area (TPSA) is 34.4 Å². The fourth-order valence-electron chi connectivity index (χ4n) is 1.87. The molecule has 17 heavy (non-hydrogen) atoms. The lowest BCUT2D eigenvalue weighted by Crippen LogP contribution is -2.12. The Balaban J connectivity index is 2.49. The highest BCUT2D eigenvalue weighted by molar-refractivity contribution is 14.1. The summed E-state index contributed by atoms with van der Waals surface area (Å²) in [6, 6.07) is 6.20. The van der Waals surface area contributed by atoms with Gasteiger partial charge in [0.15, 0.2) is 0 Å². The number of para-hydroxylation sites is 1. The largest absolute Gasteiger partial charge is 0.458 e. The Morgan fingerprint density at radius 2 is 2.24 bits per heavy atom.